The molecular formula is C26H23N7. The van der Waals surface area contributed by atoms with Crippen molar-refractivity contribution in [2.45, 2.75) is 19.9 Å². The number of tetrazole rings is 1. The fourth-order valence-corrected chi connectivity index (χ4v) is 3.84. The van der Waals surface area contributed by atoms with Crippen LogP contribution in [0.25, 0.3) is 28.2 Å². The van der Waals surface area contributed by atoms with E-state index in [-0.39, 0.29) is 0 Å². The Morgan fingerprint density at radius 2 is 1.61 bits per heavy atom. The Kier molecular flexibility index (Phi) is 5.84. The summed E-state index contributed by atoms with van der Waals surface area (Å²) in [6.07, 6.45) is 6.48. The van der Waals surface area contributed by atoms with E-state index in [1.807, 2.05) is 72.3 Å². The second kappa shape index (κ2) is 9.40. The number of hydrogen-bond donors (Lipinski definition) is 0. The highest BCUT2D eigenvalue weighted by Crippen LogP contribution is 2.30. The SMILES string of the molecule is CC=CCc1nc(-c2ccccc2)nn1Cc1ccccc1-c1ccccc1-n1cnnn1. The average molecular weight is 434 g/mol. The quantitative estimate of drug-likeness (QED) is 0.346. The number of benzene rings is 3. The molecule has 5 aromatic rings. The summed E-state index contributed by atoms with van der Waals surface area (Å²) in [5.41, 5.74) is 5.24. The van der Waals surface area contributed by atoms with Gasteiger partial charge in [-0.1, -0.05) is 84.9 Å². The standard InChI is InChI=1S/C26H23N7/c1-2-3-17-25-28-26(20-11-5-4-6-12-20)29-32(25)18-21-13-7-8-14-22(21)23-15-9-10-16-24(23)33-19-27-30-31-33/h2-16,19H,17-18H2,1H3. The molecule has 33 heavy (non-hydrogen) atoms. The molecule has 0 fully saturated rings. The van der Waals surface area contributed by atoms with E-state index in [1.54, 1.807) is 11.0 Å². The molecule has 0 atom stereocenters. The molecule has 0 N–H and O–H groups in total. The molecule has 0 saturated heterocycles. The number of rotatable bonds is 7. The number of hydrogen-bond acceptors (Lipinski definition) is 5. The van der Waals surface area contributed by atoms with Crippen LogP contribution in [-0.2, 0) is 13.0 Å². The van der Waals surface area contributed by atoms with E-state index >= 15 is 0 Å². The summed E-state index contributed by atoms with van der Waals surface area (Å²) < 4.78 is 3.69. The third-order valence-corrected chi connectivity index (χ3v) is 5.44. The molecule has 0 radical (unpaired) electrons. The first kappa shape index (κ1) is 20.5. The highest BCUT2D eigenvalue weighted by Gasteiger charge is 2.15. The lowest BCUT2D eigenvalue weighted by molar-refractivity contribution is 0.652. The first-order valence-corrected chi connectivity index (χ1v) is 10.8. The molecule has 0 saturated carbocycles. The molecule has 0 aliphatic rings. The van der Waals surface area contributed by atoms with Crippen LogP contribution in [-0.4, -0.2) is 35.0 Å². The van der Waals surface area contributed by atoms with Crippen molar-refractivity contribution in [3.63, 3.8) is 0 Å². The topological polar surface area (TPSA) is 74.3 Å². The van der Waals surface area contributed by atoms with Gasteiger partial charge in [0.25, 0.3) is 0 Å². The van der Waals surface area contributed by atoms with Crippen molar-refractivity contribution >= 4 is 0 Å². The van der Waals surface area contributed by atoms with Gasteiger partial charge in [0, 0.05) is 17.5 Å². The van der Waals surface area contributed by atoms with Crippen LogP contribution >= 0.6 is 0 Å². The zero-order chi connectivity index (χ0) is 22.5. The summed E-state index contributed by atoms with van der Waals surface area (Å²) in [6.45, 7) is 2.62. The van der Waals surface area contributed by atoms with E-state index in [1.165, 1.54) is 0 Å². The van der Waals surface area contributed by atoms with Gasteiger partial charge in [-0.05, 0) is 34.5 Å². The number of para-hydroxylation sites is 1. The molecule has 0 amide bonds. The molecular weight excluding hydrogens is 410 g/mol. The minimum atomic E-state index is 0.604. The zero-order valence-corrected chi connectivity index (χ0v) is 18.3. The second-order valence-corrected chi connectivity index (χ2v) is 7.58. The minimum absolute atomic E-state index is 0.604. The molecule has 0 aliphatic heterocycles. The van der Waals surface area contributed by atoms with Crippen molar-refractivity contribution in [2.75, 3.05) is 0 Å². The van der Waals surface area contributed by atoms with E-state index in [0.717, 1.165) is 46.0 Å². The van der Waals surface area contributed by atoms with Crippen LogP contribution in [0.1, 0.15) is 18.3 Å². The largest absolute Gasteiger partial charge is 0.245 e. The van der Waals surface area contributed by atoms with E-state index in [0.29, 0.717) is 6.54 Å². The highest BCUT2D eigenvalue weighted by atomic mass is 15.5. The lowest BCUT2D eigenvalue weighted by Gasteiger charge is -2.14. The number of allylic oxidation sites excluding steroid dienone is 2. The maximum atomic E-state index is 4.87. The van der Waals surface area contributed by atoms with E-state index < -0.39 is 0 Å². The molecule has 2 aromatic heterocycles. The second-order valence-electron chi connectivity index (χ2n) is 7.58. The normalized spacial score (nSPS) is 11.3. The number of nitrogens with zero attached hydrogens (tertiary/aromatic N) is 7. The number of aromatic nitrogens is 7. The van der Waals surface area contributed by atoms with Crippen molar-refractivity contribution in [1.82, 2.24) is 35.0 Å². The van der Waals surface area contributed by atoms with Gasteiger partial charge in [-0.2, -0.15) is 9.78 Å². The fourth-order valence-electron chi connectivity index (χ4n) is 3.84. The maximum Gasteiger partial charge on any atom is 0.181 e. The van der Waals surface area contributed by atoms with Crippen LogP contribution in [0, 0.1) is 0 Å². The lowest BCUT2D eigenvalue weighted by Crippen LogP contribution is -2.08. The first-order valence-electron chi connectivity index (χ1n) is 10.8. The molecule has 5 rings (SSSR count). The molecule has 7 nitrogen and oxygen atoms in total. The monoisotopic (exact) mass is 433 g/mol. The summed E-state index contributed by atoms with van der Waals surface area (Å²) in [7, 11) is 0. The van der Waals surface area contributed by atoms with Crippen LogP contribution in [0.5, 0.6) is 0 Å². The molecule has 0 unspecified atom stereocenters. The summed E-state index contributed by atoms with van der Waals surface area (Å²) in [4.78, 5) is 4.84. The summed E-state index contributed by atoms with van der Waals surface area (Å²) >= 11 is 0. The van der Waals surface area contributed by atoms with Gasteiger partial charge in [-0.25, -0.2) is 9.67 Å². The molecule has 162 valence electrons. The Balaban J connectivity index is 1.57. The van der Waals surface area contributed by atoms with Crippen molar-refractivity contribution in [2.24, 2.45) is 0 Å². The Morgan fingerprint density at radius 1 is 0.848 bits per heavy atom. The summed E-state index contributed by atoms with van der Waals surface area (Å²) in [6, 6.07) is 26.6. The van der Waals surface area contributed by atoms with Crippen molar-refractivity contribution < 1.29 is 0 Å². The van der Waals surface area contributed by atoms with Crippen LogP contribution in [0.15, 0.2) is 97.3 Å². The van der Waals surface area contributed by atoms with Crippen LogP contribution in [0.3, 0.4) is 0 Å². The Hall–Kier alpha value is -4.39. The smallest absolute Gasteiger partial charge is 0.181 e. The van der Waals surface area contributed by atoms with Crippen molar-refractivity contribution in [1.29, 1.82) is 0 Å². The van der Waals surface area contributed by atoms with Gasteiger partial charge < -0.3 is 0 Å². The van der Waals surface area contributed by atoms with Gasteiger partial charge in [0.1, 0.15) is 12.2 Å². The van der Waals surface area contributed by atoms with Gasteiger partial charge >= 0.3 is 0 Å². The third-order valence-electron chi connectivity index (χ3n) is 5.44. The van der Waals surface area contributed by atoms with Crippen LogP contribution < -0.4 is 0 Å². The Morgan fingerprint density at radius 3 is 2.39 bits per heavy atom. The minimum Gasteiger partial charge on any atom is -0.245 e. The Bertz CT molecular complexity index is 1370. The van der Waals surface area contributed by atoms with E-state index in [4.69, 9.17) is 10.1 Å². The predicted octanol–water partition coefficient (Wildman–Crippen LogP) is 4.75. The van der Waals surface area contributed by atoms with Crippen molar-refractivity contribution in [3.05, 3.63) is 109 Å². The fraction of sp³-hybridized carbons (Fsp3) is 0.115. The lowest BCUT2D eigenvalue weighted by atomic mass is 9.98. The van der Waals surface area contributed by atoms with Gasteiger partial charge in [0.15, 0.2) is 5.82 Å². The average Bonchev–Trinajstić information content (AvgIpc) is 3.54. The zero-order valence-electron chi connectivity index (χ0n) is 18.3. The Labute approximate surface area is 192 Å². The van der Waals surface area contributed by atoms with E-state index in [2.05, 4.69) is 45.9 Å². The first-order chi connectivity index (χ1) is 16.3. The molecule has 3 aromatic carbocycles. The van der Waals surface area contributed by atoms with Crippen LogP contribution in [0.4, 0.5) is 0 Å². The predicted molar refractivity (Wildman–Crippen MR) is 128 cm³/mol. The van der Waals surface area contributed by atoms with E-state index in [9.17, 15) is 0 Å². The van der Waals surface area contributed by atoms with Gasteiger partial charge in [-0.3, -0.25) is 0 Å². The molecule has 0 aliphatic carbocycles. The molecule has 2 heterocycles. The highest BCUT2D eigenvalue weighted by molar-refractivity contribution is 5.75. The van der Waals surface area contributed by atoms with Gasteiger partial charge in [0.2, 0.25) is 0 Å². The summed E-state index contributed by atoms with van der Waals surface area (Å²) in [5.74, 6) is 1.66. The van der Waals surface area contributed by atoms with Gasteiger partial charge in [-0.15, -0.1) is 5.10 Å². The van der Waals surface area contributed by atoms with Crippen molar-refractivity contribution in [3.8, 4) is 28.2 Å². The molecule has 0 spiro atoms. The molecule has 7 heteroatoms. The third kappa shape index (κ3) is 4.34. The van der Waals surface area contributed by atoms with Crippen LogP contribution in [0.2, 0.25) is 0 Å². The molecule has 0 bridgehead atoms. The maximum absolute atomic E-state index is 4.87. The van der Waals surface area contributed by atoms with Gasteiger partial charge in [0.05, 0.1) is 12.2 Å². The summed E-state index contributed by atoms with van der Waals surface area (Å²) in [5, 5.41) is 16.6.